The first kappa shape index (κ1) is 15.0. The second-order valence-electron chi connectivity index (χ2n) is 5.47. The van der Waals surface area contributed by atoms with Crippen LogP contribution < -0.4 is 5.32 Å². The number of pyridine rings is 1. The number of rotatable bonds is 5. The summed E-state index contributed by atoms with van der Waals surface area (Å²) in [4.78, 5) is 18.3. The van der Waals surface area contributed by atoms with Gasteiger partial charge in [0.1, 0.15) is 0 Å². The Bertz CT molecular complexity index is 647. The number of halogens is 1. The molecule has 0 aliphatic carbocycles. The summed E-state index contributed by atoms with van der Waals surface area (Å²) < 4.78 is 0. The number of carbonyl (C=O) groups is 1. The number of carbonyl (C=O) groups excluding carboxylic acids is 1. The maximum atomic E-state index is 12.1. The van der Waals surface area contributed by atoms with Crippen molar-refractivity contribution < 1.29 is 4.79 Å². The SMILES string of the molecule is O=C1CC(NCc2ccccn2)CN1Cc1ccccc1Cl. The van der Waals surface area contributed by atoms with Gasteiger partial charge in [0.15, 0.2) is 0 Å². The highest BCUT2D eigenvalue weighted by Crippen LogP contribution is 2.20. The van der Waals surface area contributed by atoms with Crippen LogP contribution in [0.3, 0.4) is 0 Å². The molecule has 1 atom stereocenters. The van der Waals surface area contributed by atoms with Crippen LogP contribution in [0.5, 0.6) is 0 Å². The molecule has 1 N–H and O–H groups in total. The lowest BCUT2D eigenvalue weighted by molar-refractivity contribution is -0.128. The van der Waals surface area contributed by atoms with Crippen LogP contribution in [-0.4, -0.2) is 28.4 Å². The highest BCUT2D eigenvalue weighted by atomic mass is 35.5. The molecule has 5 heteroatoms. The summed E-state index contributed by atoms with van der Waals surface area (Å²) in [6.07, 6.45) is 2.30. The standard InChI is InChI=1S/C17H18ClN3O/c18-16-7-2-1-5-13(16)11-21-12-15(9-17(21)22)20-10-14-6-3-4-8-19-14/h1-8,15,20H,9-12H2. The average Bonchev–Trinajstić information content (AvgIpc) is 2.89. The number of amides is 1. The fraction of sp³-hybridized carbons (Fsp3) is 0.294. The van der Waals surface area contributed by atoms with Crippen molar-refractivity contribution in [2.75, 3.05) is 6.54 Å². The largest absolute Gasteiger partial charge is 0.337 e. The molecule has 1 aliphatic rings. The summed E-state index contributed by atoms with van der Waals surface area (Å²) in [7, 11) is 0. The van der Waals surface area contributed by atoms with E-state index in [1.165, 1.54) is 0 Å². The van der Waals surface area contributed by atoms with Crippen LogP contribution in [0, 0.1) is 0 Å². The monoisotopic (exact) mass is 315 g/mol. The van der Waals surface area contributed by atoms with E-state index in [1.807, 2.05) is 47.4 Å². The first-order valence-electron chi connectivity index (χ1n) is 7.37. The smallest absolute Gasteiger partial charge is 0.224 e. The summed E-state index contributed by atoms with van der Waals surface area (Å²) in [6.45, 7) is 1.95. The van der Waals surface area contributed by atoms with Crippen LogP contribution in [0.4, 0.5) is 0 Å². The molecule has 22 heavy (non-hydrogen) atoms. The molecule has 1 amide bonds. The lowest BCUT2D eigenvalue weighted by Crippen LogP contribution is -2.32. The molecular formula is C17H18ClN3O. The van der Waals surface area contributed by atoms with Crippen LogP contribution in [0.15, 0.2) is 48.7 Å². The number of benzene rings is 1. The van der Waals surface area contributed by atoms with Gasteiger partial charge in [0.05, 0.1) is 5.69 Å². The molecule has 4 nitrogen and oxygen atoms in total. The number of nitrogens with zero attached hydrogens (tertiary/aromatic N) is 2. The van der Waals surface area contributed by atoms with Gasteiger partial charge in [-0.25, -0.2) is 0 Å². The van der Waals surface area contributed by atoms with Crippen molar-refractivity contribution in [2.24, 2.45) is 0 Å². The Balaban J connectivity index is 1.56. The van der Waals surface area contributed by atoms with Gasteiger partial charge in [-0.3, -0.25) is 9.78 Å². The van der Waals surface area contributed by atoms with E-state index in [4.69, 9.17) is 11.6 Å². The Morgan fingerprint density at radius 3 is 2.82 bits per heavy atom. The molecule has 2 heterocycles. The van der Waals surface area contributed by atoms with Gasteiger partial charge in [0, 0.05) is 43.3 Å². The van der Waals surface area contributed by atoms with Gasteiger partial charge in [0.25, 0.3) is 0 Å². The van der Waals surface area contributed by atoms with E-state index in [2.05, 4.69) is 10.3 Å². The lowest BCUT2D eigenvalue weighted by atomic mass is 10.2. The summed E-state index contributed by atoms with van der Waals surface area (Å²) in [5.41, 5.74) is 1.97. The maximum absolute atomic E-state index is 12.1. The minimum absolute atomic E-state index is 0.164. The van der Waals surface area contributed by atoms with E-state index in [9.17, 15) is 4.79 Å². The maximum Gasteiger partial charge on any atom is 0.224 e. The summed E-state index contributed by atoms with van der Waals surface area (Å²) >= 11 is 6.17. The van der Waals surface area contributed by atoms with Crippen molar-refractivity contribution in [3.8, 4) is 0 Å². The average molecular weight is 316 g/mol. The number of aromatic nitrogens is 1. The zero-order chi connectivity index (χ0) is 15.4. The van der Waals surface area contributed by atoms with E-state index in [-0.39, 0.29) is 11.9 Å². The molecule has 1 aliphatic heterocycles. The molecule has 0 saturated carbocycles. The van der Waals surface area contributed by atoms with Crippen molar-refractivity contribution in [2.45, 2.75) is 25.6 Å². The van der Waals surface area contributed by atoms with Gasteiger partial charge in [-0.2, -0.15) is 0 Å². The Morgan fingerprint density at radius 1 is 1.23 bits per heavy atom. The van der Waals surface area contributed by atoms with Gasteiger partial charge < -0.3 is 10.2 Å². The number of likely N-dealkylation sites (tertiary alicyclic amines) is 1. The van der Waals surface area contributed by atoms with Crippen molar-refractivity contribution in [3.63, 3.8) is 0 Å². The number of nitrogens with one attached hydrogen (secondary N) is 1. The molecule has 3 rings (SSSR count). The van der Waals surface area contributed by atoms with Crippen molar-refractivity contribution in [1.29, 1.82) is 0 Å². The normalized spacial score (nSPS) is 18.0. The van der Waals surface area contributed by atoms with Crippen molar-refractivity contribution >= 4 is 17.5 Å². The molecule has 0 radical (unpaired) electrons. The summed E-state index contributed by atoms with van der Waals surface area (Å²) in [5.74, 6) is 0.165. The predicted molar refractivity (Wildman–Crippen MR) is 86.4 cm³/mol. The van der Waals surface area contributed by atoms with Gasteiger partial charge in [-0.1, -0.05) is 35.9 Å². The Morgan fingerprint density at radius 2 is 2.05 bits per heavy atom. The first-order valence-corrected chi connectivity index (χ1v) is 7.74. The van der Waals surface area contributed by atoms with Gasteiger partial charge in [-0.15, -0.1) is 0 Å². The van der Waals surface area contributed by atoms with Crippen LogP contribution in [0.25, 0.3) is 0 Å². The van der Waals surface area contributed by atoms with E-state index >= 15 is 0 Å². The third-order valence-electron chi connectivity index (χ3n) is 3.83. The Labute approximate surface area is 135 Å². The van der Waals surface area contributed by atoms with Crippen LogP contribution >= 0.6 is 11.6 Å². The van der Waals surface area contributed by atoms with Gasteiger partial charge in [0.2, 0.25) is 5.91 Å². The quantitative estimate of drug-likeness (QED) is 0.922. The molecule has 0 spiro atoms. The van der Waals surface area contributed by atoms with Crippen LogP contribution in [0.1, 0.15) is 17.7 Å². The minimum atomic E-state index is 0.164. The highest BCUT2D eigenvalue weighted by Gasteiger charge is 2.29. The molecule has 114 valence electrons. The fourth-order valence-electron chi connectivity index (χ4n) is 2.65. The van der Waals surface area contributed by atoms with Crippen LogP contribution in [-0.2, 0) is 17.9 Å². The third-order valence-corrected chi connectivity index (χ3v) is 4.20. The minimum Gasteiger partial charge on any atom is -0.337 e. The molecular weight excluding hydrogens is 298 g/mol. The van der Waals surface area contributed by atoms with E-state index in [0.29, 0.717) is 31.1 Å². The molecule has 1 aromatic heterocycles. The zero-order valence-corrected chi connectivity index (χ0v) is 13.0. The molecule has 0 bridgehead atoms. The Hall–Kier alpha value is -1.91. The summed E-state index contributed by atoms with van der Waals surface area (Å²) in [5, 5.41) is 4.11. The molecule has 1 fully saturated rings. The predicted octanol–water partition coefficient (Wildman–Crippen LogP) is 2.63. The zero-order valence-electron chi connectivity index (χ0n) is 12.2. The Kier molecular flexibility index (Phi) is 4.71. The number of hydrogen-bond donors (Lipinski definition) is 1. The fourth-order valence-corrected chi connectivity index (χ4v) is 2.84. The van der Waals surface area contributed by atoms with Crippen molar-refractivity contribution in [1.82, 2.24) is 15.2 Å². The second kappa shape index (κ2) is 6.90. The van der Waals surface area contributed by atoms with Crippen molar-refractivity contribution in [3.05, 3.63) is 64.9 Å². The van der Waals surface area contributed by atoms with E-state index in [0.717, 1.165) is 11.3 Å². The highest BCUT2D eigenvalue weighted by molar-refractivity contribution is 6.31. The lowest BCUT2D eigenvalue weighted by Gasteiger charge is -2.18. The first-order chi connectivity index (χ1) is 10.7. The molecule has 2 aromatic rings. The number of hydrogen-bond acceptors (Lipinski definition) is 3. The van der Waals surface area contributed by atoms with Gasteiger partial charge in [-0.05, 0) is 23.8 Å². The molecule has 1 saturated heterocycles. The van der Waals surface area contributed by atoms with E-state index < -0.39 is 0 Å². The topological polar surface area (TPSA) is 45.2 Å². The second-order valence-corrected chi connectivity index (χ2v) is 5.88. The van der Waals surface area contributed by atoms with E-state index in [1.54, 1.807) is 6.20 Å². The molecule has 1 aromatic carbocycles. The van der Waals surface area contributed by atoms with Gasteiger partial charge >= 0.3 is 0 Å². The summed E-state index contributed by atoms with van der Waals surface area (Å²) in [6, 6.07) is 13.7. The third kappa shape index (κ3) is 3.64. The molecule has 1 unspecified atom stereocenters. The van der Waals surface area contributed by atoms with Crippen LogP contribution in [0.2, 0.25) is 5.02 Å².